The second-order valence-electron chi connectivity index (χ2n) is 3.94. The lowest BCUT2D eigenvalue weighted by Crippen LogP contribution is -2.23. The highest BCUT2D eigenvalue weighted by atomic mass is 79.9. The fourth-order valence-electron chi connectivity index (χ4n) is 1.63. The lowest BCUT2D eigenvalue weighted by molar-refractivity contribution is 0.0957. The van der Waals surface area contributed by atoms with Crippen molar-refractivity contribution in [2.24, 2.45) is 0 Å². The number of fused-ring (bicyclic) bond motifs is 1. The zero-order valence-electron chi connectivity index (χ0n) is 9.71. The Hall–Kier alpha value is -0.940. The van der Waals surface area contributed by atoms with E-state index in [0.29, 0.717) is 11.4 Å². The molecule has 0 aliphatic carbocycles. The number of alkyl halides is 1. The van der Waals surface area contributed by atoms with Gasteiger partial charge in [0.05, 0.1) is 4.88 Å². The third-order valence-electron chi connectivity index (χ3n) is 2.55. The Morgan fingerprint density at radius 2 is 2.17 bits per heavy atom. The van der Waals surface area contributed by atoms with Crippen molar-refractivity contribution in [2.75, 3.05) is 11.9 Å². The molecule has 0 spiro atoms. The van der Waals surface area contributed by atoms with Crippen molar-refractivity contribution in [1.29, 1.82) is 0 Å². The zero-order valence-corrected chi connectivity index (χ0v) is 12.1. The van der Waals surface area contributed by atoms with Crippen LogP contribution >= 0.6 is 27.3 Å². The van der Waals surface area contributed by atoms with Gasteiger partial charge in [-0.1, -0.05) is 22.0 Å². The van der Waals surface area contributed by atoms with Crippen LogP contribution in [-0.2, 0) is 0 Å². The second-order valence-corrected chi connectivity index (χ2v) is 5.82. The Morgan fingerprint density at radius 3 is 2.94 bits per heavy atom. The maximum absolute atomic E-state index is 13.0. The Labute approximate surface area is 117 Å². The summed E-state index contributed by atoms with van der Waals surface area (Å²) in [4.78, 5) is 12.5. The molecule has 2 nitrogen and oxygen atoms in total. The Balaban J connectivity index is 2.04. The highest BCUT2D eigenvalue weighted by Crippen LogP contribution is 2.26. The molecule has 0 aliphatic rings. The van der Waals surface area contributed by atoms with Crippen molar-refractivity contribution in [3.8, 4) is 0 Å². The summed E-state index contributed by atoms with van der Waals surface area (Å²) in [5.74, 6) is -0.347. The van der Waals surface area contributed by atoms with Gasteiger partial charge in [0, 0.05) is 16.6 Å². The molecular weight excluding hydrogens is 317 g/mol. The van der Waals surface area contributed by atoms with E-state index in [1.165, 1.54) is 23.5 Å². The van der Waals surface area contributed by atoms with Crippen molar-refractivity contribution < 1.29 is 9.18 Å². The molecule has 0 bridgehead atoms. The average Bonchev–Trinajstić information content (AvgIpc) is 2.77. The topological polar surface area (TPSA) is 29.1 Å². The minimum atomic E-state index is -0.270. The molecule has 2 rings (SSSR count). The van der Waals surface area contributed by atoms with Crippen molar-refractivity contribution in [3.63, 3.8) is 0 Å². The fraction of sp³-hybridized carbons (Fsp3) is 0.308. The van der Waals surface area contributed by atoms with Crippen LogP contribution in [0.5, 0.6) is 0 Å². The summed E-state index contributed by atoms with van der Waals surface area (Å²) >= 11 is 4.67. The first-order valence-electron chi connectivity index (χ1n) is 5.74. The van der Waals surface area contributed by atoms with Crippen molar-refractivity contribution in [3.05, 3.63) is 35.0 Å². The van der Waals surface area contributed by atoms with Gasteiger partial charge >= 0.3 is 0 Å². The normalized spacial score (nSPS) is 10.8. The van der Waals surface area contributed by atoms with Gasteiger partial charge in [0.2, 0.25) is 0 Å². The summed E-state index contributed by atoms with van der Waals surface area (Å²) in [5.41, 5.74) is 0. The number of benzene rings is 1. The molecule has 18 heavy (non-hydrogen) atoms. The van der Waals surface area contributed by atoms with E-state index in [1.54, 1.807) is 12.1 Å². The van der Waals surface area contributed by atoms with Gasteiger partial charge in [0.25, 0.3) is 5.91 Å². The Bertz CT molecular complexity index is 555. The number of amides is 1. The van der Waals surface area contributed by atoms with E-state index in [1.807, 2.05) is 0 Å². The highest BCUT2D eigenvalue weighted by Gasteiger charge is 2.09. The van der Waals surface area contributed by atoms with Gasteiger partial charge in [0.1, 0.15) is 5.82 Å². The van der Waals surface area contributed by atoms with Gasteiger partial charge in [-0.25, -0.2) is 4.39 Å². The third-order valence-corrected chi connectivity index (χ3v) is 4.21. The smallest absolute Gasteiger partial charge is 0.261 e. The van der Waals surface area contributed by atoms with Crippen LogP contribution in [0.15, 0.2) is 24.3 Å². The van der Waals surface area contributed by atoms with Crippen LogP contribution in [-0.4, -0.2) is 17.8 Å². The van der Waals surface area contributed by atoms with Gasteiger partial charge in [-0.05, 0) is 36.4 Å². The number of unbranched alkanes of at least 4 members (excludes halogenated alkanes) is 1. The summed E-state index contributed by atoms with van der Waals surface area (Å²) in [6.45, 7) is 0.674. The molecule has 0 fully saturated rings. The van der Waals surface area contributed by atoms with Gasteiger partial charge in [-0.3, -0.25) is 4.79 Å². The fourth-order valence-corrected chi connectivity index (χ4v) is 3.03. The molecule has 0 aliphatic heterocycles. The van der Waals surface area contributed by atoms with Crippen LogP contribution in [0.3, 0.4) is 0 Å². The quantitative estimate of drug-likeness (QED) is 0.653. The largest absolute Gasteiger partial charge is 0.351 e. The number of carbonyl (C=O) groups is 1. The van der Waals surface area contributed by atoms with Crippen LogP contribution in [0.25, 0.3) is 10.1 Å². The van der Waals surface area contributed by atoms with E-state index in [9.17, 15) is 9.18 Å². The molecule has 1 aromatic carbocycles. The molecule has 0 radical (unpaired) electrons. The van der Waals surface area contributed by atoms with E-state index in [0.717, 1.165) is 28.3 Å². The maximum atomic E-state index is 13.0. The molecule has 96 valence electrons. The predicted molar refractivity (Wildman–Crippen MR) is 77.1 cm³/mol. The van der Waals surface area contributed by atoms with Crippen LogP contribution in [0.4, 0.5) is 4.39 Å². The van der Waals surface area contributed by atoms with Crippen LogP contribution in [0, 0.1) is 5.82 Å². The van der Waals surface area contributed by atoms with Gasteiger partial charge < -0.3 is 5.32 Å². The van der Waals surface area contributed by atoms with E-state index in [2.05, 4.69) is 21.2 Å². The van der Waals surface area contributed by atoms with Gasteiger partial charge in [-0.15, -0.1) is 11.3 Å². The van der Waals surface area contributed by atoms with Crippen LogP contribution < -0.4 is 5.32 Å². The molecule has 0 saturated heterocycles. The summed E-state index contributed by atoms with van der Waals surface area (Å²) in [7, 11) is 0. The van der Waals surface area contributed by atoms with Crippen LogP contribution in [0.1, 0.15) is 22.5 Å². The lowest BCUT2D eigenvalue weighted by atomic mass is 10.2. The molecule has 2 aromatic rings. The Morgan fingerprint density at radius 1 is 1.33 bits per heavy atom. The summed E-state index contributed by atoms with van der Waals surface area (Å²) in [5, 5.41) is 4.72. The van der Waals surface area contributed by atoms with Crippen molar-refractivity contribution in [1.82, 2.24) is 5.32 Å². The zero-order chi connectivity index (χ0) is 13.0. The maximum Gasteiger partial charge on any atom is 0.261 e. The third kappa shape index (κ3) is 3.29. The number of carbonyl (C=O) groups excluding carboxylic acids is 1. The summed E-state index contributed by atoms with van der Waals surface area (Å²) in [6, 6.07) is 6.37. The SMILES string of the molecule is O=C(NCCCCBr)c1cc2ccc(F)cc2s1. The number of hydrogen-bond acceptors (Lipinski definition) is 2. The monoisotopic (exact) mass is 329 g/mol. The first kappa shape index (κ1) is 13.5. The molecule has 0 saturated carbocycles. The standard InChI is InChI=1S/C13H13BrFNOS/c14-5-1-2-6-16-13(17)12-7-9-3-4-10(15)8-11(9)18-12/h3-4,7-8H,1-2,5-6H2,(H,16,17). The lowest BCUT2D eigenvalue weighted by Gasteiger charge is -2.01. The van der Waals surface area contributed by atoms with E-state index in [4.69, 9.17) is 0 Å². The van der Waals surface area contributed by atoms with Crippen LogP contribution in [0.2, 0.25) is 0 Å². The second kappa shape index (κ2) is 6.29. The Kier molecular flexibility index (Phi) is 4.72. The van der Waals surface area contributed by atoms with E-state index < -0.39 is 0 Å². The van der Waals surface area contributed by atoms with Gasteiger partial charge in [-0.2, -0.15) is 0 Å². The molecule has 0 unspecified atom stereocenters. The first-order valence-corrected chi connectivity index (χ1v) is 7.68. The number of rotatable bonds is 5. The molecule has 1 heterocycles. The molecule has 5 heteroatoms. The summed E-state index contributed by atoms with van der Waals surface area (Å²) < 4.78 is 13.8. The number of nitrogens with one attached hydrogen (secondary N) is 1. The van der Waals surface area contributed by atoms with Crippen molar-refractivity contribution in [2.45, 2.75) is 12.8 Å². The molecule has 1 aromatic heterocycles. The van der Waals surface area contributed by atoms with Gasteiger partial charge in [0.15, 0.2) is 0 Å². The van der Waals surface area contributed by atoms with Crippen molar-refractivity contribution >= 4 is 43.3 Å². The minimum Gasteiger partial charge on any atom is -0.351 e. The van der Waals surface area contributed by atoms with E-state index in [-0.39, 0.29) is 11.7 Å². The first-order chi connectivity index (χ1) is 8.70. The molecule has 0 atom stereocenters. The summed E-state index contributed by atoms with van der Waals surface area (Å²) in [6.07, 6.45) is 1.99. The average molecular weight is 330 g/mol. The minimum absolute atomic E-state index is 0.0776. The predicted octanol–water partition coefficient (Wildman–Crippen LogP) is 3.95. The molecule has 1 N–H and O–H groups in total. The molecular formula is C13H13BrFNOS. The number of hydrogen-bond donors (Lipinski definition) is 1. The number of halogens is 2. The van der Waals surface area contributed by atoms with E-state index >= 15 is 0 Å². The molecule has 1 amide bonds. The number of thiophene rings is 1. The highest BCUT2D eigenvalue weighted by molar-refractivity contribution is 9.09.